The number of Topliss-reactive ketones (excluding diaryl/α,β-unsaturated/α-hetero) is 1. The summed E-state index contributed by atoms with van der Waals surface area (Å²) in [6.45, 7) is -0.227. The van der Waals surface area contributed by atoms with Crippen LogP contribution in [0.5, 0.6) is 5.75 Å². The number of imide groups is 1. The SMILES string of the molecule is O=C(COc1ccccc1)[C@H](Cc1ccccc1)N1C(=O)c2ccccc2C1=O. The van der Waals surface area contributed by atoms with Gasteiger partial charge in [-0.1, -0.05) is 60.7 Å². The highest BCUT2D eigenvalue weighted by atomic mass is 16.5. The minimum absolute atomic E-state index is 0.227. The van der Waals surface area contributed by atoms with Crippen molar-refractivity contribution in [3.63, 3.8) is 0 Å². The van der Waals surface area contributed by atoms with E-state index in [0.29, 0.717) is 16.9 Å². The Labute approximate surface area is 168 Å². The molecule has 1 atom stereocenters. The number of para-hydroxylation sites is 1. The van der Waals surface area contributed by atoms with E-state index in [1.54, 1.807) is 36.4 Å². The van der Waals surface area contributed by atoms with Crippen LogP contribution in [0, 0.1) is 0 Å². The van der Waals surface area contributed by atoms with Crippen molar-refractivity contribution in [1.29, 1.82) is 0 Å². The first-order valence-corrected chi connectivity index (χ1v) is 9.36. The number of carbonyl (C=O) groups excluding carboxylic acids is 3. The molecule has 0 saturated heterocycles. The summed E-state index contributed by atoms with van der Waals surface area (Å²) < 4.78 is 5.59. The molecular formula is C24H19NO4. The number of ether oxygens (including phenoxy) is 1. The summed E-state index contributed by atoms with van der Waals surface area (Å²) in [5.74, 6) is -0.659. The number of rotatable bonds is 7. The summed E-state index contributed by atoms with van der Waals surface area (Å²) in [5, 5.41) is 0. The molecule has 0 aliphatic carbocycles. The van der Waals surface area contributed by atoms with E-state index in [2.05, 4.69) is 0 Å². The number of fused-ring (bicyclic) bond motifs is 1. The largest absolute Gasteiger partial charge is 0.486 e. The van der Waals surface area contributed by atoms with Gasteiger partial charge in [-0.25, -0.2) is 0 Å². The highest BCUT2D eigenvalue weighted by Gasteiger charge is 2.42. The van der Waals surface area contributed by atoms with E-state index in [-0.39, 0.29) is 18.8 Å². The molecule has 3 aromatic rings. The molecule has 1 heterocycles. The van der Waals surface area contributed by atoms with Gasteiger partial charge in [-0.15, -0.1) is 0 Å². The lowest BCUT2D eigenvalue weighted by molar-refractivity contribution is -0.124. The lowest BCUT2D eigenvalue weighted by Crippen LogP contribution is -2.47. The number of amides is 2. The Morgan fingerprint density at radius 1 is 0.759 bits per heavy atom. The molecule has 4 rings (SSSR count). The summed E-state index contributed by atoms with van der Waals surface area (Å²) in [5.41, 5.74) is 1.52. The van der Waals surface area contributed by atoms with E-state index in [1.807, 2.05) is 48.5 Å². The smallest absolute Gasteiger partial charge is 0.262 e. The zero-order valence-electron chi connectivity index (χ0n) is 15.7. The summed E-state index contributed by atoms with van der Waals surface area (Å²) >= 11 is 0. The van der Waals surface area contributed by atoms with Gasteiger partial charge in [-0.2, -0.15) is 0 Å². The average molecular weight is 385 g/mol. The molecular weight excluding hydrogens is 366 g/mol. The maximum atomic E-state index is 13.1. The fraction of sp³-hybridized carbons (Fsp3) is 0.125. The molecule has 0 N–H and O–H groups in total. The molecule has 0 saturated carbocycles. The molecule has 5 nitrogen and oxygen atoms in total. The molecule has 0 fully saturated rings. The van der Waals surface area contributed by atoms with Gasteiger partial charge in [0.25, 0.3) is 11.8 Å². The van der Waals surface area contributed by atoms with E-state index in [9.17, 15) is 14.4 Å². The van der Waals surface area contributed by atoms with Crippen molar-refractivity contribution in [2.45, 2.75) is 12.5 Å². The predicted octanol–water partition coefficient (Wildman–Crippen LogP) is 3.54. The van der Waals surface area contributed by atoms with Crippen molar-refractivity contribution in [1.82, 2.24) is 4.90 Å². The van der Waals surface area contributed by atoms with Gasteiger partial charge in [0.15, 0.2) is 5.78 Å². The number of carbonyl (C=O) groups is 3. The third-order valence-electron chi connectivity index (χ3n) is 4.90. The van der Waals surface area contributed by atoms with Gasteiger partial charge >= 0.3 is 0 Å². The second-order valence-electron chi connectivity index (χ2n) is 6.80. The first-order valence-electron chi connectivity index (χ1n) is 9.36. The number of benzene rings is 3. The standard InChI is InChI=1S/C24H19NO4/c26-22(16-29-18-11-5-2-6-12-18)21(15-17-9-3-1-4-10-17)25-23(27)19-13-7-8-14-20(19)24(25)28/h1-14,21H,15-16H2/t21-/m0/s1. The van der Waals surface area contributed by atoms with Crippen LogP contribution in [0.2, 0.25) is 0 Å². The van der Waals surface area contributed by atoms with Crippen molar-refractivity contribution < 1.29 is 19.1 Å². The second-order valence-corrected chi connectivity index (χ2v) is 6.80. The minimum Gasteiger partial charge on any atom is -0.486 e. The lowest BCUT2D eigenvalue weighted by Gasteiger charge is -2.25. The fourth-order valence-corrected chi connectivity index (χ4v) is 3.44. The van der Waals surface area contributed by atoms with E-state index in [4.69, 9.17) is 4.74 Å². The Kier molecular flexibility index (Phi) is 5.20. The average Bonchev–Trinajstić information content (AvgIpc) is 3.02. The van der Waals surface area contributed by atoms with Crippen molar-refractivity contribution in [2.24, 2.45) is 0 Å². The maximum absolute atomic E-state index is 13.1. The van der Waals surface area contributed by atoms with Crippen LogP contribution in [0.15, 0.2) is 84.9 Å². The molecule has 3 aromatic carbocycles. The van der Waals surface area contributed by atoms with Crippen molar-refractivity contribution in [3.05, 3.63) is 102 Å². The Bertz CT molecular complexity index is 1010. The molecule has 0 bridgehead atoms. The molecule has 2 amide bonds. The predicted molar refractivity (Wildman–Crippen MR) is 108 cm³/mol. The van der Waals surface area contributed by atoms with Gasteiger partial charge in [-0.3, -0.25) is 19.3 Å². The Hall–Kier alpha value is -3.73. The molecule has 29 heavy (non-hydrogen) atoms. The summed E-state index contributed by atoms with van der Waals surface area (Å²) in [6, 6.07) is 24.0. The zero-order valence-corrected chi connectivity index (χ0v) is 15.7. The first-order chi connectivity index (χ1) is 14.1. The molecule has 5 heteroatoms. The van der Waals surface area contributed by atoms with Gasteiger partial charge in [0, 0.05) is 6.42 Å². The molecule has 0 aromatic heterocycles. The third-order valence-corrected chi connectivity index (χ3v) is 4.90. The van der Waals surface area contributed by atoms with Gasteiger partial charge in [0.1, 0.15) is 18.4 Å². The van der Waals surface area contributed by atoms with Crippen molar-refractivity contribution in [2.75, 3.05) is 6.61 Å². The van der Waals surface area contributed by atoms with Crippen molar-refractivity contribution >= 4 is 17.6 Å². The van der Waals surface area contributed by atoms with Crippen LogP contribution in [0.25, 0.3) is 0 Å². The number of hydrogen-bond donors (Lipinski definition) is 0. The normalized spacial score (nSPS) is 13.9. The summed E-state index contributed by atoms with van der Waals surface area (Å²) in [7, 11) is 0. The first kappa shape index (κ1) is 18.6. The lowest BCUT2D eigenvalue weighted by atomic mass is 10.0. The third kappa shape index (κ3) is 3.80. The Balaban J connectivity index is 1.61. The second kappa shape index (κ2) is 8.10. The summed E-state index contributed by atoms with van der Waals surface area (Å²) in [4.78, 5) is 40.0. The monoisotopic (exact) mass is 385 g/mol. The summed E-state index contributed by atoms with van der Waals surface area (Å²) in [6.07, 6.45) is 0.239. The molecule has 0 spiro atoms. The van der Waals surface area contributed by atoms with E-state index >= 15 is 0 Å². The Morgan fingerprint density at radius 3 is 1.86 bits per heavy atom. The molecule has 0 unspecified atom stereocenters. The van der Waals surface area contributed by atoms with Gasteiger partial charge in [-0.05, 0) is 29.8 Å². The van der Waals surface area contributed by atoms with Gasteiger partial charge in [0.05, 0.1) is 11.1 Å². The number of nitrogens with zero attached hydrogens (tertiary/aromatic N) is 1. The molecule has 1 aliphatic rings. The number of hydrogen-bond acceptors (Lipinski definition) is 4. The Morgan fingerprint density at radius 2 is 1.28 bits per heavy atom. The van der Waals surface area contributed by atoms with Crippen LogP contribution in [0.3, 0.4) is 0 Å². The molecule has 1 aliphatic heterocycles. The van der Waals surface area contributed by atoms with E-state index in [1.165, 1.54) is 0 Å². The van der Waals surface area contributed by atoms with Gasteiger partial charge in [0.2, 0.25) is 0 Å². The minimum atomic E-state index is -0.937. The maximum Gasteiger partial charge on any atom is 0.262 e. The van der Waals surface area contributed by atoms with Crippen LogP contribution < -0.4 is 4.74 Å². The fourth-order valence-electron chi connectivity index (χ4n) is 3.44. The highest BCUT2D eigenvalue weighted by Crippen LogP contribution is 2.26. The van der Waals surface area contributed by atoms with Crippen LogP contribution in [0.4, 0.5) is 0 Å². The number of ketones is 1. The quantitative estimate of drug-likeness (QED) is 0.584. The van der Waals surface area contributed by atoms with Crippen LogP contribution in [0.1, 0.15) is 26.3 Å². The van der Waals surface area contributed by atoms with Crippen LogP contribution in [-0.2, 0) is 11.2 Å². The topological polar surface area (TPSA) is 63.7 Å². The highest BCUT2D eigenvalue weighted by molar-refractivity contribution is 6.23. The van der Waals surface area contributed by atoms with E-state index < -0.39 is 17.9 Å². The van der Waals surface area contributed by atoms with Crippen LogP contribution >= 0.6 is 0 Å². The zero-order chi connectivity index (χ0) is 20.2. The molecule has 0 radical (unpaired) electrons. The van der Waals surface area contributed by atoms with Gasteiger partial charge < -0.3 is 4.74 Å². The van der Waals surface area contributed by atoms with E-state index in [0.717, 1.165) is 10.5 Å². The molecule has 144 valence electrons. The van der Waals surface area contributed by atoms with Crippen molar-refractivity contribution in [3.8, 4) is 5.75 Å². The van der Waals surface area contributed by atoms with Crippen LogP contribution in [-0.4, -0.2) is 35.1 Å².